The molecule has 0 spiro atoms. The third kappa shape index (κ3) is 8.45. The molecule has 0 aliphatic carbocycles. The van der Waals surface area contributed by atoms with Crippen molar-refractivity contribution in [1.29, 1.82) is 0 Å². The fourth-order valence-corrected chi connectivity index (χ4v) is 5.08. The Balaban J connectivity index is 2.56. The second-order valence-electron chi connectivity index (χ2n) is 9.76. The molecule has 0 saturated heterocycles. The van der Waals surface area contributed by atoms with Gasteiger partial charge in [0.05, 0.1) is 11.9 Å². The van der Waals surface area contributed by atoms with Gasteiger partial charge in [-0.3, -0.25) is 18.7 Å². The van der Waals surface area contributed by atoms with Crippen LogP contribution in [0.3, 0.4) is 0 Å². The molecule has 0 bridgehead atoms. The summed E-state index contributed by atoms with van der Waals surface area (Å²) in [5.74, 6) is -1.27. The van der Waals surface area contributed by atoms with Gasteiger partial charge in [0.2, 0.25) is 21.8 Å². The van der Waals surface area contributed by atoms with E-state index in [0.717, 1.165) is 10.6 Å². The molecule has 37 heavy (non-hydrogen) atoms. The number of carbonyl (C=O) groups excluding carboxylic acids is 3. The molecule has 0 aliphatic rings. The zero-order valence-corrected chi connectivity index (χ0v) is 24.2. The number of nitrogens with zero attached hydrogens (tertiary/aromatic N) is 2. The van der Waals surface area contributed by atoms with Crippen LogP contribution < -0.4 is 9.62 Å². The van der Waals surface area contributed by atoms with Crippen molar-refractivity contribution in [1.82, 2.24) is 10.2 Å². The van der Waals surface area contributed by atoms with Crippen LogP contribution in [-0.2, 0) is 26.2 Å². The van der Waals surface area contributed by atoms with Crippen LogP contribution in [0.2, 0.25) is 10.0 Å². The number of rotatable bonds is 10. The molecule has 2 amide bonds. The predicted molar refractivity (Wildman–Crippen MR) is 148 cm³/mol. The third-order valence-electron chi connectivity index (χ3n) is 5.49. The van der Waals surface area contributed by atoms with Crippen LogP contribution in [0, 0.1) is 0 Å². The van der Waals surface area contributed by atoms with E-state index in [1.807, 2.05) is 20.8 Å². The highest BCUT2D eigenvalue weighted by Gasteiger charge is 2.33. The Bertz CT molecular complexity index is 1250. The van der Waals surface area contributed by atoms with Gasteiger partial charge in [0.25, 0.3) is 0 Å². The van der Waals surface area contributed by atoms with E-state index in [4.69, 9.17) is 23.2 Å². The highest BCUT2D eigenvalue weighted by atomic mass is 35.5. The smallest absolute Gasteiger partial charge is 0.244 e. The average molecular weight is 571 g/mol. The lowest BCUT2D eigenvalue weighted by atomic mass is 10.1. The molecular formula is C26H33Cl2N3O5S. The second kappa shape index (κ2) is 12.3. The Morgan fingerprint density at radius 3 is 2.08 bits per heavy atom. The van der Waals surface area contributed by atoms with Crippen molar-refractivity contribution in [3.8, 4) is 0 Å². The van der Waals surface area contributed by atoms with Crippen molar-refractivity contribution in [2.75, 3.05) is 17.1 Å². The largest absolute Gasteiger partial charge is 0.350 e. The zero-order chi connectivity index (χ0) is 28.1. The Labute approximate surface area is 229 Å². The van der Waals surface area contributed by atoms with Gasteiger partial charge in [-0.05, 0) is 58.4 Å². The van der Waals surface area contributed by atoms with Gasteiger partial charge in [-0.25, -0.2) is 8.42 Å². The zero-order valence-electron chi connectivity index (χ0n) is 21.8. The SMILES string of the molecule is CC[C@H](C(=O)NC(C)(C)C)N(Cc1c(Cl)cccc1Cl)C(=O)CN(c1cccc(C(C)=O)c1)S(C)(=O)=O. The van der Waals surface area contributed by atoms with Crippen LogP contribution in [0.15, 0.2) is 42.5 Å². The highest BCUT2D eigenvalue weighted by Crippen LogP contribution is 2.28. The molecule has 0 radical (unpaired) electrons. The molecule has 2 rings (SSSR count). The lowest BCUT2D eigenvalue weighted by molar-refractivity contribution is -0.141. The molecule has 0 aromatic heterocycles. The van der Waals surface area contributed by atoms with Gasteiger partial charge in [0.1, 0.15) is 12.6 Å². The number of amides is 2. The van der Waals surface area contributed by atoms with Crippen molar-refractivity contribution in [3.05, 3.63) is 63.6 Å². The van der Waals surface area contributed by atoms with Gasteiger partial charge in [-0.15, -0.1) is 0 Å². The first-order chi connectivity index (χ1) is 17.0. The first kappa shape index (κ1) is 30.6. The molecule has 1 N–H and O–H groups in total. The maximum atomic E-state index is 13.8. The molecule has 0 heterocycles. The van der Waals surface area contributed by atoms with Crippen molar-refractivity contribution in [2.45, 2.75) is 59.2 Å². The predicted octanol–water partition coefficient (Wildman–Crippen LogP) is 4.68. The number of hydrogen-bond acceptors (Lipinski definition) is 5. The lowest BCUT2D eigenvalue weighted by Gasteiger charge is -2.34. The number of sulfonamides is 1. The number of nitrogens with one attached hydrogen (secondary N) is 1. The summed E-state index contributed by atoms with van der Waals surface area (Å²) in [4.78, 5) is 40.2. The molecule has 0 saturated carbocycles. The number of anilines is 1. The van der Waals surface area contributed by atoms with Gasteiger partial charge in [-0.1, -0.05) is 48.3 Å². The maximum Gasteiger partial charge on any atom is 0.244 e. The highest BCUT2D eigenvalue weighted by molar-refractivity contribution is 7.92. The van der Waals surface area contributed by atoms with E-state index < -0.39 is 40.0 Å². The van der Waals surface area contributed by atoms with Crippen molar-refractivity contribution in [2.24, 2.45) is 0 Å². The monoisotopic (exact) mass is 569 g/mol. The molecule has 1 atom stereocenters. The Hall–Kier alpha value is -2.62. The number of hydrogen-bond donors (Lipinski definition) is 1. The van der Waals surface area contributed by atoms with E-state index in [9.17, 15) is 22.8 Å². The number of ketones is 1. The molecule has 0 fully saturated rings. The van der Waals surface area contributed by atoms with Crippen LogP contribution in [0.25, 0.3) is 0 Å². The number of carbonyl (C=O) groups is 3. The summed E-state index contributed by atoms with van der Waals surface area (Å²) in [5.41, 5.74) is 0.333. The Kier molecular flexibility index (Phi) is 10.2. The molecule has 11 heteroatoms. The van der Waals surface area contributed by atoms with E-state index in [2.05, 4.69) is 5.32 Å². The van der Waals surface area contributed by atoms with Gasteiger partial charge < -0.3 is 10.2 Å². The molecule has 0 unspecified atom stereocenters. The first-order valence-corrected chi connectivity index (χ1v) is 14.3. The van der Waals surface area contributed by atoms with Crippen LogP contribution in [0.1, 0.15) is 57.0 Å². The average Bonchev–Trinajstić information content (AvgIpc) is 2.77. The van der Waals surface area contributed by atoms with Gasteiger partial charge >= 0.3 is 0 Å². The van der Waals surface area contributed by atoms with E-state index in [-0.39, 0.29) is 24.4 Å². The van der Waals surface area contributed by atoms with E-state index in [1.54, 1.807) is 37.3 Å². The number of benzene rings is 2. The summed E-state index contributed by atoms with van der Waals surface area (Å²) >= 11 is 12.7. The second-order valence-corrected chi connectivity index (χ2v) is 12.5. The van der Waals surface area contributed by atoms with E-state index in [0.29, 0.717) is 21.2 Å². The third-order valence-corrected chi connectivity index (χ3v) is 7.34. The van der Waals surface area contributed by atoms with Crippen LogP contribution in [-0.4, -0.2) is 55.3 Å². The summed E-state index contributed by atoms with van der Waals surface area (Å²) in [6, 6.07) is 10.00. The number of halogens is 2. The topological polar surface area (TPSA) is 104 Å². The van der Waals surface area contributed by atoms with Crippen molar-refractivity contribution >= 4 is 56.5 Å². The van der Waals surface area contributed by atoms with Gasteiger partial charge in [0, 0.05) is 33.3 Å². The summed E-state index contributed by atoms with van der Waals surface area (Å²) in [5, 5.41) is 3.51. The maximum absolute atomic E-state index is 13.8. The quantitative estimate of drug-likeness (QED) is 0.418. The molecule has 0 aliphatic heterocycles. The van der Waals surface area contributed by atoms with Crippen LogP contribution in [0.5, 0.6) is 0 Å². The van der Waals surface area contributed by atoms with Crippen LogP contribution >= 0.6 is 23.2 Å². The summed E-state index contributed by atoms with van der Waals surface area (Å²) < 4.78 is 26.4. The molecule has 2 aromatic rings. The summed E-state index contributed by atoms with van der Waals surface area (Å²) in [6.45, 7) is 7.88. The number of Topliss-reactive ketones (excluding diaryl/α,β-unsaturated/α-hetero) is 1. The standard InChI is InChI=1S/C26H33Cl2N3O5S/c1-7-23(25(34)29-26(3,4)5)30(15-20-21(27)12-9-13-22(20)28)24(33)16-31(37(6,35)36)19-11-8-10-18(14-19)17(2)32/h8-14,23H,7,15-16H2,1-6H3,(H,29,34)/t23-/m1/s1. The van der Waals surface area contributed by atoms with Gasteiger partial charge in [-0.2, -0.15) is 0 Å². The molecule has 8 nitrogen and oxygen atoms in total. The van der Waals surface area contributed by atoms with Crippen molar-refractivity contribution < 1.29 is 22.8 Å². The fourth-order valence-electron chi connectivity index (χ4n) is 3.72. The summed E-state index contributed by atoms with van der Waals surface area (Å²) in [7, 11) is -3.94. The van der Waals surface area contributed by atoms with Gasteiger partial charge in [0.15, 0.2) is 5.78 Å². The normalized spacial score (nSPS) is 12.5. The molecular weight excluding hydrogens is 537 g/mol. The fraction of sp³-hybridized carbons (Fsp3) is 0.423. The summed E-state index contributed by atoms with van der Waals surface area (Å²) in [6.07, 6.45) is 1.23. The lowest BCUT2D eigenvalue weighted by Crippen LogP contribution is -2.55. The first-order valence-electron chi connectivity index (χ1n) is 11.7. The van der Waals surface area contributed by atoms with Crippen molar-refractivity contribution in [3.63, 3.8) is 0 Å². The Morgan fingerprint density at radius 2 is 1.59 bits per heavy atom. The Morgan fingerprint density at radius 1 is 1.03 bits per heavy atom. The minimum absolute atomic E-state index is 0.113. The molecule has 202 valence electrons. The minimum Gasteiger partial charge on any atom is -0.350 e. The van der Waals surface area contributed by atoms with Crippen LogP contribution in [0.4, 0.5) is 5.69 Å². The minimum atomic E-state index is -3.94. The van der Waals surface area contributed by atoms with E-state index >= 15 is 0 Å². The van der Waals surface area contributed by atoms with E-state index in [1.165, 1.54) is 24.0 Å². The molecule has 2 aromatic carbocycles.